The van der Waals surface area contributed by atoms with Gasteiger partial charge in [0.2, 0.25) is 16.0 Å². The first-order chi connectivity index (χ1) is 14.5. The third-order valence-electron chi connectivity index (χ3n) is 5.13. The highest BCUT2D eigenvalue weighted by Crippen LogP contribution is 2.55. The standard InChI is InChI=1S/C18H21F3N4O6S/c1-16(2,3)31-15(26)22-14-23-18(11-7-10(25(27)28)5-6-12(11)19)9-17(20,21)8-13(18)32(29,30)24(14)4/h5-7,13H,8-9H2,1-4H3,(H,22,23,26). The van der Waals surface area contributed by atoms with E-state index < -0.39 is 79.2 Å². The van der Waals surface area contributed by atoms with Crippen LogP contribution < -0.4 is 5.32 Å². The lowest BCUT2D eigenvalue weighted by atomic mass is 9.87. The Morgan fingerprint density at radius 2 is 2.00 bits per heavy atom. The Hall–Kier alpha value is -2.90. The number of nitrogens with one attached hydrogen (secondary N) is 1. The fraction of sp³-hybridized carbons (Fsp3) is 0.556. The molecule has 1 aliphatic carbocycles. The molecule has 14 heteroatoms. The summed E-state index contributed by atoms with van der Waals surface area (Å²) in [6.07, 6.45) is -3.52. The number of hydrogen-bond donors (Lipinski definition) is 1. The molecule has 0 saturated heterocycles. The molecule has 2 atom stereocenters. The largest absolute Gasteiger partial charge is 0.444 e. The number of amides is 1. The molecule has 0 bridgehead atoms. The molecule has 0 spiro atoms. The molecule has 1 aromatic rings. The fourth-order valence-corrected chi connectivity index (χ4v) is 5.76. The third kappa shape index (κ3) is 4.10. The van der Waals surface area contributed by atoms with Gasteiger partial charge in [0.1, 0.15) is 22.2 Å². The van der Waals surface area contributed by atoms with Crippen molar-refractivity contribution in [1.82, 2.24) is 9.62 Å². The smallest absolute Gasteiger partial charge is 0.414 e. The number of halogens is 3. The number of aliphatic imine (C=N–C) groups is 1. The molecule has 1 aromatic carbocycles. The first kappa shape index (κ1) is 23.8. The number of benzene rings is 1. The minimum Gasteiger partial charge on any atom is -0.444 e. The van der Waals surface area contributed by atoms with Crippen LogP contribution in [0, 0.1) is 15.9 Å². The molecule has 1 fully saturated rings. The lowest BCUT2D eigenvalue weighted by molar-refractivity contribution is -0.385. The Morgan fingerprint density at radius 3 is 2.56 bits per heavy atom. The van der Waals surface area contributed by atoms with Crippen LogP contribution in [0.25, 0.3) is 0 Å². The number of alkyl carbamates (subject to hydrolysis) is 1. The molecule has 1 N–H and O–H groups in total. The number of carbonyl (C=O) groups is 1. The average molecular weight is 478 g/mol. The molecule has 1 amide bonds. The van der Waals surface area contributed by atoms with Crippen LogP contribution >= 0.6 is 0 Å². The highest BCUT2D eigenvalue weighted by molar-refractivity contribution is 7.90. The molecule has 3 rings (SSSR count). The number of alkyl halides is 2. The lowest BCUT2D eigenvalue weighted by Gasteiger charge is -2.40. The summed E-state index contributed by atoms with van der Waals surface area (Å²) in [5, 5.41) is 11.4. The van der Waals surface area contributed by atoms with E-state index in [1.54, 1.807) is 20.8 Å². The number of nitro groups is 1. The van der Waals surface area contributed by atoms with E-state index in [9.17, 15) is 36.5 Å². The summed E-state index contributed by atoms with van der Waals surface area (Å²) < 4.78 is 75.7. The summed E-state index contributed by atoms with van der Waals surface area (Å²) in [7, 11) is -3.59. The first-order valence-electron chi connectivity index (χ1n) is 9.38. The normalized spacial score (nSPS) is 26.2. The van der Waals surface area contributed by atoms with E-state index in [2.05, 4.69) is 10.3 Å². The van der Waals surface area contributed by atoms with Crippen LogP contribution in [0.2, 0.25) is 0 Å². The number of nitrogens with zero attached hydrogens (tertiary/aromatic N) is 3. The predicted octanol–water partition coefficient (Wildman–Crippen LogP) is 2.88. The van der Waals surface area contributed by atoms with Crippen molar-refractivity contribution in [1.29, 1.82) is 0 Å². The monoisotopic (exact) mass is 478 g/mol. The zero-order chi connectivity index (χ0) is 24.3. The number of ether oxygens (including phenoxy) is 1. The highest BCUT2D eigenvalue weighted by Gasteiger charge is 2.66. The molecule has 10 nitrogen and oxygen atoms in total. The molecular weight excluding hydrogens is 457 g/mol. The summed E-state index contributed by atoms with van der Waals surface area (Å²) in [4.78, 5) is 26.6. The molecule has 0 aromatic heterocycles. The Bertz CT molecular complexity index is 1120. The van der Waals surface area contributed by atoms with Gasteiger partial charge in [0, 0.05) is 37.6 Å². The molecule has 0 radical (unpaired) electrons. The number of non-ortho nitro benzene ring substituents is 1. The molecule has 1 aliphatic heterocycles. The Balaban J connectivity index is 2.24. The maximum atomic E-state index is 14.8. The second kappa shape index (κ2) is 7.32. The number of rotatable bonds is 2. The molecule has 1 saturated carbocycles. The number of carbonyl (C=O) groups excluding carboxylic acids is 1. The van der Waals surface area contributed by atoms with Crippen molar-refractivity contribution in [2.75, 3.05) is 7.05 Å². The lowest BCUT2D eigenvalue weighted by Crippen LogP contribution is -2.57. The van der Waals surface area contributed by atoms with Gasteiger partial charge >= 0.3 is 6.09 Å². The van der Waals surface area contributed by atoms with Crippen molar-refractivity contribution < 1.29 is 36.0 Å². The minimum atomic E-state index is -4.59. The Kier molecular flexibility index (Phi) is 5.43. The van der Waals surface area contributed by atoms with Crippen molar-refractivity contribution in [2.24, 2.45) is 4.99 Å². The van der Waals surface area contributed by atoms with Crippen LogP contribution in [0.3, 0.4) is 0 Å². The number of hydrogen-bond acceptors (Lipinski definition) is 7. The van der Waals surface area contributed by atoms with E-state index in [0.29, 0.717) is 16.4 Å². The van der Waals surface area contributed by atoms with Gasteiger partial charge in [-0.25, -0.2) is 35.7 Å². The molecular formula is C18H21F3N4O6S. The van der Waals surface area contributed by atoms with Crippen molar-refractivity contribution in [2.45, 2.75) is 55.9 Å². The van der Waals surface area contributed by atoms with Crippen molar-refractivity contribution in [3.63, 3.8) is 0 Å². The molecule has 1 heterocycles. The first-order valence-corrected chi connectivity index (χ1v) is 10.9. The molecule has 176 valence electrons. The maximum absolute atomic E-state index is 14.8. The zero-order valence-corrected chi connectivity index (χ0v) is 18.4. The van der Waals surface area contributed by atoms with E-state index >= 15 is 0 Å². The highest BCUT2D eigenvalue weighted by atomic mass is 32.2. The zero-order valence-electron chi connectivity index (χ0n) is 17.6. The predicted molar refractivity (Wildman–Crippen MR) is 106 cm³/mol. The van der Waals surface area contributed by atoms with Gasteiger partial charge in [0.15, 0.2) is 0 Å². The molecule has 2 unspecified atom stereocenters. The second-order valence-corrected chi connectivity index (χ2v) is 10.8. The Morgan fingerprint density at radius 1 is 1.38 bits per heavy atom. The molecule has 2 aliphatic rings. The van der Waals surface area contributed by atoms with Crippen molar-refractivity contribution in [3.05, 3.63) is 39.7 Å². The van der Waals surface area contributed by atoms with Crippen LogP contribution in [0.1, 0.15) is 39.2 Å². The van der Waals surface area contributed by atoms with Crippen LogP contribution in [0.4, 0.5) is 23.7 Å². The van der Waals surface area contributed by atoms with E-state index in [1.165, 1.54) is 0 Å². The van der Waals surface area contributed by atoms with Gasteiger partial charge in [0.05, 0.1) is 4.92 Å². The summed E-state index contributed by atoms with van der Waals surface area (Å²) in [5.41, 5.74) is -4.68. The van der Waals surface area contributed by atoms with Gasteiger partial charge in [-0.1, -0.05) is 0 Å². The third-order valence-corrected chi connectivity index (χ3v) is 7.34. The summed E-state index contributed by atoms with van der Waals surface area (Å²) >= 11 is 0. The van der Waals surface area contributed by atoms with E-state index in [1.807, 2.05) is 0 Å². The number of fused-ring (bicyclic) bond motifs is 1. The van der Waals surface area contributed by atoms with Gasteiger partial charge in [0.25, 0.3) is 11.6 Å². The van der Waals surface area contributed by atoms with E-state index in [-0.39, 0.29) is 0 Å². The maximum Gasteiger partial charge on any atom is 0.414 e. The van der Waals surface area contributed by atoms with Gasteiger partial charge in [-0.2, -0.15) is 0 Å². The average Bonchev–Trinajstić information content (AvgIpc) is 2.90. The van der Waals surface area contributed by atoms with Gasteiger partial charge in [-0.15, -0.1) is 0 Å². The SMILES string of the molecule is CN1C(NC(=O)OC(C)(C)C)=NC2(c3cc([N+](=O)[O-])ccc3F)CC(F)(F)CC2S1(=O)=O. The van der Waals surface area contributed by atoms with Crippen molar-refractivity contribution >= 4 is 27.8 Å². The fourth-order valence-electron chi connectivity index (χ4n) is 3.84. The minimum absolute atomic E-state index is 0.510. The quantitative estimate of drug-likeness (QED) is 0.514. The van der Waals surface area contributed by atoms with E-state index in [0.717, 1.165) is 13.1 Å². The van der Waals surface area contributed by atoms with Gasteiger partial charge in [-0.05, 0) is 26.8 Å². The Labute approximate surface area is 181 Å². The summed E-state index contributed by atoms with van der Waals surface area (Å²) in [5.74, 6) is -5.38. The van der Waals surface area contributed by atoms with E-state index in [4.69, 9.17) is 4.74 Å². The summed E-state index contributed by atoms with van der Waals surface area (Å²) in [6, 6.07) is 2.21. The van der Waals surface area contributed by atoms with Gasteiger partial charge < -0.3 is 4.74 Å². The van der Waals surface area contributed by atoms with Gasteiger partial charge in [-0.3, -0.25) is 15.4 Å². The van der Waals surface area contributed by atoms with Crippen LogP contribution in [0.15, 0.2) is 23.2 Å². The topological polar surface area (TPSA) is 131 Å². The number of guanidine groups is 1. The number of nitro benzene ring substituents is 1. The van der Waals surface area contributed by atoms with Crippen LogP contribution in [-0.2, 0) is 20.3 Å². The van der Waals surface area contributed by atoms with Crippen molar-refractivity contribution in [3.8, 4) is 0 Å². The van der Waals surface area contributed by atoms with Crippen LogP contribution in [-0.4, -0.2) is 53.5 Å². The van der Waals surface area contributed by atoms with Crippen LogP contribution in [0.5, 0.6) is 0 Å². The molecule has 32 heavy (non-hydrogen) atoms. The number of sulfonamides is 1. The summed E-state index contributed by atoms with van der Waals surface area (Å²) in [6.45, 7) is 4.63. The second-order valence-electron chi connectivity index (χ2n) is 8.65.